The average molecular weight is 318 g/mol. The number of hydrogen-bond acceptors (Lipinski definition) is 2. The predicted octanol–water partition coefficient (Wildman–Crippen LogP) is 5.39. The van der Waals surface area contributed by atoms with Gasteiger partial charge < -0.3 is 4.74 Å². The molecule has 0 N–H and O–H groups in total. The number of esters is 1. The van der Waals surface area contributed by atoms with Gasteiger partial charge in [-0.3, -0.25) is 4.79 Å². The molecule has 24 heavy (non-hydrogen) atoms. The summed E-state index contributed by atoms with van der Waals surface area (Å²) in [5, 5.41) is 2.52. The fourth-order valence-corrected chi connectivity index (χ4v) is 2.90. The monoisotopic (exact) mass is 318 g/mol. The van der Waals surface area contributed by atoms with Crippen LogP contribution in [0.5, 0.6) is 0 Å². The van der Waals surface area contributed by atoms with Gasteiger partial charge in [0.2, 0.25) is 0 Å². The van der Waals surface area contributed by atoms with Gasteiger partial charge in [0.05, 0.1) is 6.61 Å². The molecule has 0 radical (unpaired) electrons. The molecule has 122 valence electrons. The summed E-state index contributed by atoms with van der Waals surface area (Å²) in [5.74, 6) is -0.106. The van der Waals surface area contributed by atoms with E-state index in [2.05, 4.69) is 66.7 Å². The zero-order valence-electron chi connectivity index (χ0n) is 14.0. The van der Waals surface area contributed by atoms with E-state index in [9.17, 15) is 4.79 Å². The zero-order chi connectivity index (χ0) is 16.8. The highest BCUT2D eigenvalue weighted by Gasteiger charge is 2.03. The van der Waals surface area contributed by atoms with Crippen LogP contribution in [-0.4, -0.2) is 12.6 Å². The van der Waals surface area contributed by atoms with Gasteiger partial charge in [-0.25, -0.2) is 0 Å². The minimum atomic E-state index is -0.106. The van der Waals surface area contributed by atoms with Crippen LogP contribution < -0.4 is 0 Å². The molecule has 0 saturated carbocycles. The molecule has 0 fully saturated rings. The lowest BCUT2D eigenvalue weighted by molar-refractivity contribution is -0.143. The van der Waals surface area contributed by atoms with E-state index >= 15 is 0 Å². The Bertz CT molecular complexity index is 819. The molecule has 3 aromatic rings. The maximum absolute atomic E-state index is 11.4. The van der Waals surface area contributed by atoms with Crippen LogP contribution in [0.4, 0.5) is 0 Å². The lowest BCUT2D eigenvalue weighted by atomic mass is 9.99. The molecule has 2 heteroatoms. The maximum Gasteiger partial charge on any atom is 0.305 e. The van der Waals surface area contributed by atoms with Crippen molar-refractivity contribution in [3.05, 3.63) is 72.3 Å². The Morgan fingerprint density at radius 3 is 2.33 bits per heavy atom. The van der Waals surface area contributed by atoms with Gasteiger partial charge in [-0.2, -0.15) is 0 Å². The first-order valence-electron chi connectivity index (χ1n) is 8.50. The molecule has 3 aromatic carbocycles. The van der Waals surface area contributed by atoms with E-state index in [0.29, 0.717) is 13.0 Å². The second kappa shape index (κ2) is 7.78. The number of fused-ring (bicyclic) bond motifs is 1. The molecular formula is C22H22O2. The number of ether oxygens (including phenoxy) is 1. The van der Waals surface area contributed by atoms with E-state index in [1.165, 1.54) is 27.5 Å². The Labute approximate surface area is 143 Å². The summed E-state index contributed by atoms with van der Waals surface area (Å²) in [5.41, 5.74) is 3.70. The van der Waals surface area contributed by atoms with Crippen LogP contribution in [0.15, 0.2) is 66.7 Å². The largest absolute Gasteiger partial charge is 0.466 e. The highest BCUT2D eigenvalue weighted by molar-refractivity contribution is 5.87. The highest BCUT2D eigenvalue weighted by Crippen LogP contribution is 2.25. The third-order valence-corrected chi connectivity index (χ3v) is 4.19. The van der Waals surface area contributed by atoms with Crippen molar-refractivity contribution in [1.82, 2.24) is 0 Å². The van der Waals surface area contributed by atoms with Crippen LogP contribution in [0.1, 0.15) is 25.3 Å². The average Bonchev–Trinajstić information content (AvgIpc) is 2.62. The quantitative estimate of drug-likeness (QED) is 0.569. The number of aryl methyl sites for hydroxylation is 1. The van der Waals surface area contributed by atoms with E-state index in [4.69, 9.17) is 4.74 Å². The summed E-state index contributed by atoms with van der Waals surface area (Å²) >= 11 is 0. The molecule has 0 saturated heterocycles. The molecule has 0 amide bonds. The molecule has 0 atom stereocenters. The van der Waals surface area contributed by atoms with Gasteiger partial charge in [-0.1, -0.05) is 60.7 Å². The Kier molecular flexibility index (Phi) is 5.27. The molecule has 2 nitrogen and oxygen atoms in total. The first-order valence-corrected chi connectivity index (χ1v) is 8.50. The maximum atomic E-state index is 11.4. The Morgan fingerprint density at radius 1 is 0.875 bits per heavy atom. The molecule has 0 spiro atoms. The van der Waals surface area contributed by atoms with Gasteiger partial charge in [0.25, 0.3) is 0 Å². The highest BCUT2D eigenvalue weighted by atomic mass is 16.5. The van der Waals surface area contributed by atoms with E-state index in [-0.39, 0.29) is 5.97 Å². The third kappa shape index (κ3) is 4.02. The summed E-state index contributed by atoms with van der Waals surface area (Å²) in [6, 6.07) is 23.6. The number of carbonyl (C=O) groups excluding carboxylic acids is 1. The SMILES string of the molecule is CCOC(=O)CCCc1ccc(-c2ccc3ccccc3c2)cc1. The van der Waals surface area contributed by atoms with E-state index < -0.39 is 0 Å². The van der Waals surface area contributed by atoms with E-state index in [1.54, 1.807) is 0 Å². The van der Waals surface area contributed by atoms with Crippen molar-refractivity contribution < 1.29 is 9.53 Å². The van der Waals surface area contributed by atoms with Crippen LogP contribution in [0, 0.1) is 0 Å². The smallest absolute Gasteiger partial charge is 0.305 e. The van der Waals surface area contributed by atoms with Crippen molar-refractivity contribution in [2.45, 2.75) is 26.2 Å². The normalized spacial score (nSPS) is 10.7. The van der Waals surface area contributed by atoms with Crippen molar-refractivity contribution in [1.29, 1.82) is 0 Å². The summed E-state index contributed by atoms with van der Waals surface area (Å²) in [6.07, 6.45) is 2.21. The van der Waals surface area contributed by atoms with Gasteiger partial charge in [0, 0.05) is 6.42 Å². The summed E-state index contributed by atoms with van der Waals surface area (Å²) < 4.78 is 4.95. The fraction of sp³-hybridized carbons (Fsp3) is 0.227. The first kappa shape index (κ1) is 16.3. The van der Waals surface area contributed by atoms with Crippen molar-refractivity contribution in [3.63, 3.8) is 0 Å². The minimum absolute atomic E-state index is 0.106. The molecule has 0 aromatic heterocycles. The molecular weight excluding hydrogens is 296 g/mol. The van der Waals surface area contributed by atoms with Crippen LogP contribution in [0.3, 0.4) is 0 Å². The zero-order valence-corrected chi connectivity index (χ0v) is 14.0. The van der Waals surface area contributed by atoms with E-state index in [1.807, 2.05) is 6.92 Å². The molecule has 0 aliphatic rings. The summed E-state index contributed by atoms with van der Waals surface area (Å²) in [6.45, 7) is 2.29. The Balaban J connectivity index is 1.66. The van der Waals surface area contributed by atoms with Gasteiger partial charge in [0.1, 0.15) is 0 Å². The van der Waals surface area contributed by atoms with Gasteiger partial charge in [0.15, 0.2) is 0 Å². The van der Waals surface area contributed by atoms with Crippen LogP contribution >= 0.6 is 0 Å². The predicted molar refractivity (Wildman–Crippen MR) is 99.0 cm³/mol. The number of carbonyl (C=O) groups is 1. The molecule has 3 rings (SSSR count). The van der Waals surface area contributed by atoms with Crippen molar-refractivity contribution in [3.8, 4) is 11.1 Å². The van der Waals surface area contributed by atoms with Crippen molar-refractivity contribution in [2.75, 3.05) is 6.61 Å². The number of benzene rings is 3. The number of rotatable bonds is 6. The molecule has 0 bridgehead atoms. The van der Waals surface area contributed by atoms with Gasteiger partial charge in [-0.05, 0) is 53.3 Å². The second-order valence-corrected chi connectivity index (χ2v) is 5.92. The standard InChI is InChI=1S/C22H22O2/c1-2-24-22(23)9-5-6-17-10-12-19(13-11-17)21-15-14-18-7-3-4-8-20(18)16-21/h3-4,7-8,10-16H,2,5-6,9H2,1H3. The summed E-state index contributed by atoms with van der Waals surface area (Å²) in [4.78, 5) is 11.4. The van der Waals surface area contributed by atoms with Crippen molar-refractivity contribution >= 4 is 16.7 Å². The lowest BCUT2D eigenvalue weighted by Crippen LogP contribution is -2.03. The lowest BCUT2D eigenvalue weighted by Gasteiger charge is -2.06. The van der Waals surface area contributed by atoms with Gasteiger partial charge in [-0.15, -0.1) is 0 Å². The summed E-state index contributed by atoms with van der Waals surface area (Å²) in [7, 11) is 0. The van der Waals surface area contributed by atoms with Gasteiger partial charge >= 0.3 is 5.97 Å². The van der Waals surface area contributed by atoms with Crippen LogP contribution in [-0.2, 0) is 16.0 Å². The second-order valence-electron chi connectivity index (χ2n) is 5.92. The first-order chi connectivity index (χ1) is 11.8. The van der Waals surface area contributed by atoms with E-state index in [0.717, 1.165) is 12.8 Å². The topological polar surface area (TPSA) is 26.3 Å². The minimum Gasteiger partial charge on any atom is -0.466 e. The number of hydrogen-bond donors (Lipinski definition) is 0. The third-order valence-electron chi connectivity index (χ3n) is 4.19. The van der Waals surface area contributed by atoms with Crippen LogP contribution in [0.25, 0.3) is 21.9 Å². The molecule has 0 heterocycles. The molecule has 0 aliphatic heterocycles. The molecule has 0 unspecified atom stereocenters. The van der Waals surface area contributed by atoms with Crippen molar-refractivity contribution in [2.24, 2.45) is 0 Å². The Morgan fingerprint density at radius 2 is 1.58 bits per heavy atom. The fourth-order valence-electron chi connectivity index (χ4n) is 2.90. The molecule has 0 aliphatic carbocycles. The van der Waals surface area contributed by atoms with Crippen LogP contribution in [0.2, 0.25) is 0 Å². The Hall–Kier alpha value is -2.61.